The van der Waals surface area contributed by atoms with Crippen molar-refractivity contribution in [3.05, 3.63) is 137 Å². The van der Waals surface area contributed by atoms with Crippen molar-refractivity contribution in [2.75, 3.05) is 17.3 Å². The maximum atomic E-state index is 14.9. The number of nitrogens with zero attached hydrogens (tertiary/aromatic N) is 4. The second-order valence-corrected chi connectivity index (χ2v) is 18.1. The first-order valence-corrected chi connectivity index (χ1v) is 20.5. The average molecular weight is 718 g/mol. The number of carbonyl (C=O) groups excluding carboxylic acids is 2. The number of aryl methyl sites for hydroxylation is 1. The number of aromatic nitrogens is 3. The number of benzene rings is 4. The van der Waals surface area contributed by atoms with Crippen molar-refractivity contribution < 1.29 is 29.0 Å². The number of amides is 2. The Labute approximate surface area is 304 Å². The Kier molecular flexibility index (Phi) is 9.57. The van der Waals surface area contributed by atoms with E-state index in [1.54, 1.807) is 53.2 Å². The molecule has 268 valence electrons. The lowest BCUT2D eigenvalue weighted by atomic mass is 9.82. The number of methoxy groups -OCH3 is 1. The molecule has 52 heavy (non-hydrogen) atoms. The molecule has 7 rings (SSSR count). The van der Waals surface area contributed by atoms with Crippen LogP contribution in [0.4, 0.5) is 11.4 Å². The molecule has 3 heterocycles. The summed E-state index contributed by atoms with van der Waals surface area (Å²) in [6, 6.07) is 31.4. The van der Waals surface area contributed by atoms with Crippen molar-refractivity contribution in [3.8, 4) is 5.75 Å². The molecule has 0 aliphatic carbocycles. The quantitative estimate of drug-likeness (QED) is 0.140. The molecule has 0 bridgehead atoms. The van der Waals surface area contributed by atoms with Crippen LogP contribution in [0.3, 0.4) is 0 Å². The zero-order valence-corrected chi connectivity index (χ0v) is 30.6. The van der Waals surface area contributed by atoms with E-state index in [2.05, 4.69) is 15.6 Å². The van der Waals surface area contributed by atoms with Crippen LogP contribution >= 0.6 is 0 Å². The number of nitrogens with one attached hydrogen (secondary N) is 1. The number of fused-ring (bicyclic) bond motifs is 2. The standard InChI is InChI=1S/C40H43N5O6Si/c1-26-37(52(3,4)49)35(21-22-44-25-33(42-43-44)36(46)28-13-9-6-10-14-28)51-40(26)32-23-30(41-38(47)29-15-18-31(50-2)19-16-29)17-20-34(32)45(39(40)48)24-27-11-7-5-8-12-27/h5-20,23,25-26,35-37,46,49H,21-22,24H2,1-4H3,(H,41,47)/t26-,35+,36+,37-,40+/m0/s1. The zero-order valence-electron chi connectivity index (χ0n) is 29.6. The normalized spacial score (nSPS) is 21.7. The van der Waals surface area contributed by atoms with E-state index in [0.717, 1.165) is 11.1 Å². The molecule has 1 fully saturated rings. The fourth-order valence-electron chi connectivity index (χ4n) is 7.91. The van der Waals surface area contributed by atoms with Crippen molar-refractivity contribution >= 4 is 31.5 Å². The number of anilines is 2. The number of ether oxygens (including phenoxy) is 2. The fourth-order valence-corrected chi connectivity index (χ4v) is 10.5. The van der Waals surface area contributed by atoms with Crippen LogP contribution in [0.25, 0.3) is 0 Å². The van der Waals surface area contributed by atoms with Crippen molar-refractivity contribution in [2.24, 2.45) is 5.92 Å². The molecular formula is C40H43N5O6Si. The molecule has 11 nitrogen and oxygen atoms in total. The maximum absolute atomic E-state index is 14.9. The summed E-state index contributed by atoms with van der Waals surface area (Å²) in [7, 11) is -1.37. The number of rotatable bonds is 11. The van der Waals surface area contributed by atoms with Crippen molar-refractivity contribution in [3.63, 3.8) is 0 Å². The van der Waals surface area contributed by atoms with Gasteiger partial charge < -0.3 is 29.6 Å². The van der Waals surface area contributed by atoms with Crippen LogP contribution in [0, 0.1) is 5.92 Å². The largest absolute Gasteiger partial charge is 0.497 e. The van der Waals surface area contributed by atoms with Gasteiger partial charge in [-0.2, -0.15) is 0 Å². The topological polar surface area (TPSA) is 139 Å². The molecule has 0 unspecified atom stereocenters. The van der Waals surface area contributed by atoms with E-state index in [0.29, 0.717) is 53.5 Å². The van der Waals surface area contributed by atoms with E-state index in [1.807, 2.05) is 92.8 Å². The molecule has 2 aliphatic heterocycles. The number of hydrogen-bond donors (Lipinski definition) is 3. The van der Waals surface area contributed by atoms with Crippen LogP contribution < -0.4 is 15.0 Å². The lowest BCUT2D eigenvalue weighted by molar-refractivity contribution is -0.146. The summed E-state index contributed by atoms with van der Waals surface area (Å²) in [5.41, 5.74) is 2.75. The van der Waals surface area contributed by atoms with Crippen LogP contribution in [0.1, 0.15) is 52.2 Å². The minimum Gasteiger partial charge on any atom is -0.497 e. The summed E-state index contributed by atoms with van der Waals surface area (Å²) in [6.07, 6.45) is 0.768. The highest BCUT2D eigenvalue weighted by atomic mass is 28.4. The van der Waals surface area contributed by atoms with Gasteiger partial charge in [0, 0.05) is 34.8 Å². The third-order valence-electron chi connectivity index (χ3n) is 10.4. The van der Waals surface area contributed by atoms with Gasteiger partial charge in [-0.15, -0.1) is 5.10 Å². The van der Waals surface area contributed by atoms with Gasteiger partial charge in [0.1, 0.15) is 17.5 Å². The molecule has 0 radical (unpaired) electrons. The Hall–Kier alpha value is -5.14. The smallest absolute Gasteiger partial charge is 0.264 e. The third-order valence-corrected chi connectivity index (χ3v) is 12.9. The first-order chi connectivity index (χ1) is 25.0. The van der Waals surface area contributed by atoms with Crippen molar-refractivity contribution in [2.45, 2.75) is 62.9 Å². The Balaban J connectivity index is 1.21. The van der Waals surface area contributed by atoms with Gasteiger partial charge in [-0.05, 0) is 73.1 Å². The first-order valence-electron chi connectivity index (χ1n) is 17.5. The molecule has 1 spiro atoms. The highest BCUT2D eigenvalue weighted by Gasteiger charge is 2.66. The lowest BCUT2D eigenvalue weighted by Crippen LogP contribution is -2.46. The predicted octanol–water partition coefficient (Wildman–Crippen LogP) is 6.06. The molecular weight excluding hydrogens is 675 g/mol. The van der Waals surface area contributed by atoms with Crippen LogP contribution in [-0.2, 0) is 28.2 Å². The molecule has 5 aromatic rings. The summed E-state index contributed by atoms with van der Waals surface area (Å²) < 4.78 is 13.9. The monoisotopic (exact) mass is 717 g/mol. The Morgan fingerprint density at radius 2 is 1.71 bits per heavy atom. The maximum Gasteiger partial charge on any atom is 0.264 e. The van der Waals surface area contributed by atoms with Crippen molar-refractivity contribution in [1.29, 1.82) is 0 Å². The first kappa shape index (κ1) is 35.3. The average Bonchev–Trinajstić information content (AvgIpc) is 3.81. The van der Waals surface area contributed by atoms with Gasteiger partial charge in [-0.3, -0.25) is 14.3 Å². The van der Waals surface area contributed by atoms with Gasteiger partial charge in [-0.1, -0.05) is 72.8 Å². The fraction of sp³-hybridized carbons (Fsp3) is 0.300. The number of carbonyl (C=O) groups is 2. The molecule has 1 aromatic heterocycles. The summed E-state index contributed by atoms with van der Waals surface area (Å²) in [4.78, 5) is 41.8. The second kappa shape index (κ2) is 14.1. The molecule has 2 amide bonds. The predicted molar refractivity (Wildman–Crippen MR) is 199 cm³/mol. The van der Waals surface area contributed by atoms with E-state index < -0.39 is 32.0 Å². The summed E-state index contributed by atoms with van der Waals surface area (Å²) in [5, 5.41) is 22.4. The van der Waals surface area contributed by atoms with Crippen LogP contribution in [0.5, 0.6) is 5.75 Å². The molecule has 1 saturated heterocycles. The molecule has 5 atom stereocenters. The minimum atomic E-state index is -2.94. The highest BCUT2D eigenvalue weighted by Crippen LogP contribution is 2.60. The van der Waals surface area contributed by atoms with Gasteiger partial charge in [0.05, 0.1) is 31.6 Å². The highest BCUT2D eigenvalue weighted by molar-refractivity contribution is 6.71. The van der Waals surface area contributed by atoms with E-state index in [4.69, 9.17) is 9.47 Å². The SMILES string of the molecule is COc1ccc(C(=O)Nc2ccc3c(c2)[C@@]2(O[C@H](CCn4cc([C@H](O)c5ccccc5)nn4)[C@@H]([Si](C)(C)O)[C@@H]2C)C(=O)N3Cc2ccccc2)cc1. The van der Waals surface area contributed by atoms with Gasteiger partial charge in [0.2, 0.25) is 0 Å². The van der Waals surface area contributed by atoms with Crippen molar-refractivity contribution in [1.82, 2.24) is 15.0 Å². The second-order valence-electron chi connectivity index (χ2n) is 14.2. The Morgan fingerprint density at radius 3 is 2.38 bits per heavy atom. The molecule has 0 saturated carbocycles. The van der Waals surface area contributed by atoms with E-state index in [-0.39, 0.29) is 17.4 Å². The molecule has 12 heteroatoms. The van der Waals surface area contributed by atoms with E-state index in [9.17, 15) is 19.5 Å². The molecule has 2 aliphatic rings. The van der Waals surface area contributed by atoms with Crippen LogP contribution in [-0.4, -0.2) is 58.2 Å². The van der Waals surface area contributed by atoms with Gasteiger partial charge in [0.25, 0.3) is 11.8 Å². The van der Waals surface area contributed by atoms with Gasteiger partial charge >= 0.3 is 0 Å². The number of hydrogen-bond acceptors (Lipinski definition) is 8. The lowest BCUT2D eigenvalue weighted by Gasteiger charge is -2.32. The third kappa shape index (κ3) is 6.54. The van der Waals surface area contributed by atoms with E-state index in [1.165, 1.54) is 0 Å². The number of aliphatic hydroxyl groups is 1. The minimum absolute atomic E-state index is 0.197. The Morgan fingerprint density at radius 1 is 1.02 bits per heavy atom. The zero-order chi connectivity index (χ0) is 36.6. The summed E-state index contributed by atoms with van der Waals surface area (Å²) in [6.45, 7) is 6.51. The van der Waals surface area contributed by atoms with Gasteiger partial charge in [0.15, 0.2) is 13.9 Å². The Bertz CT molecular complexity index is 2050. The molecule has 4 aromatic carbocycles. The van der Waals surface area contributed by atoms with Crippen LogP contribution in [0.15, 0.2) is 109 Å². The number of aliphatic hydroxyl groups excluding tert-OH is 1. The van der Waals surface area contributed by atoms with Gasteiger partial charge in [-0.25, -0.2) is 0 Å². The van der Waals surface area contributed by atoms with E-state index >= 15 is 0 Å². The van der Waals surface area contributed by atoms with Crippen LogP contribution in [0.2, 0.25) is 18.6 Å². The molecule has 3 N–H and O–H groups in total. The summed E-state index contributed by atoms with van der Waals surface area (Å²) in [5.74, 6) is -0.243. The summed E-state index contributed by atoms with van der Waals surface area (Å²) >= 11 is 0.